The van der Waals surface area contributed by atoms with E-state index in [0.29, 0.717) is 4.47 Å². The lowest BCUT2D eigenvalue weighted by atomic mass is 10.2. The quantitative estimate of drug-likeness (QED) is 0.846. The van der Waals surface area contributed by atoms with Crippen molar-refractivity contribution in [1.29, 1.82) is 0 Å². The van der Waals surface area contributed by atoms with Gasteiger partial charge in [0.15, 0.2) is 0 Å². The second kappa shape index (κ2) is 4.17. The number of H-pyrrole nitrogens is 1. The van der Waals surface area contributed by atoms with Gasteiger partial charge in [-0.15, -0.1) is 0 Å². The number of hydrogen-bond acceptors (Lipinski definition) is 3. The number of aliphatic carboxylic acids is 1. The maximum absolute atomic E-state index is 11.8. The monoisotopic (exact) mass is 298 g/mol. The van der Waals surface area contributed by atoms with E-state index in [1.807, 2.05) is 0 Å². The number of carboxylic acids is 1. The fraction of sp³-hybridized carbons (Fsp3) is 0.100. The standard InChI is InChI=1S/C10H7BrN2O4/c11-5-1-2-6-7(3-5)9(16)12-13(10(6)17)4-8(14)15/h1-3H,4H2,(H,12,16)(H,14,15). The number of hydrogen-bond donors (Lipinski definition) is 2. The van der Waals surface area contributed by atoms with Crippen molar-refractivity contribution in [3.8, 4) is 0 Å². The maximum atomic E-state index is 11.8. The molecule has 6 nitrogen and oxygen atoms in total. The number of nitrogens with one attached hydrogen (secondary N) is 1. The van der Waals surface area contributed by atoms with E-state index in [4.69, 9.17) is 5.11 Å². The fourth-order valence-corrected chi connectivity index (χ4v) is 1.88. The van der Waals surface area contributed by atoms with Gasteiger partial charge in [0.1, 0.15) is 6.54 Å². The first-order valence-electron chi connectivity index (χ1n) is 4.63. The summed E-state index contributed by atoms with van der Waals surface area (Å²) in [5.41, 5.74) is -1.03. The van der Waals surface area contributed by atoms with Gasteiger partial charge in [0.25, 0.3) is 11.1 Å². The molecule has 0 fully saturated rings. The third-order valence-corrected chi connectivity index (χ3v) is 2.72. The number of carboxylic acid groups (broad SMARTS) is 1. The molecule has 0 aliphatic heterocycles. The Labute approximate surface area is 103 Å². The Balaban J connectivity index is 2.81. The molecule has 0 saturated heterocycles. The van der Waals surface area contributed by atoms with Crippen molar-refractivity contribution in [3.05, 3.63) is 43.4 Å². The van der Waals surface area contributed by atoms with E-state index in [9.17, 15) is 14.4 Å². The molecule has 0 aliphatic carbocycles. The van der Waals surface area contributed by atoms with Crippen LogP contribution in [-0.2, 0) is 11.3 Å². The normalized spacial score (nSPS) is 10.6. The first-order valence-corrected chi connectivity index (χ1v) is 5.42. The van der Waals surface area contributed by atoms with Crippen LogP contribution in [0.2, 0.25) is 0 Å². The molecule has 0 radical (unpaired) electrons. The van der Waals surface area contributed by atoms with Crippen molar-refractivity contribution in [2.45, 2.75) is 6.54 Å². The highest BCUT2D eigenvalue weighted by atomic mass is 79.9. The summed E-state index contributed by atoms with van der Waals surface area (Å²) in [6.07, 6.45) is 0. The minimum atomic E-state index is -1.20. The van der Waals surface area contributed by atoms with Gasteiger partial charge >= 0.3 is 5.97 Å². The summed E-state index contributed by atoms with van der Waals surface area (Å²) < 4.78 is 1.45. The number of rotatable bonds is 2. The summed E-state index contributed by atoms with van der Waals surface area (Å²) in [5, 5.41) is 11.3. The highest BCUT2D eigenvalue weighted by Crippen LogP contribution is 2.13. The number of carbonyl (C=O) groups is 1. The van der Waals surface area contributed by atoms with Crippen LogP contribution in [0.5, 0.6) is 0 Å². The largest absolute Gasteiger partial charge is 0.480 e. The maximum Gasteiger partial charge on any atom is 0.325 e. The van der Waals surface area contributed by atoms with Crippen molar-refractivity contribution in [1.82, 2.24) is 9.78 Å². The average molecular weight is 299 g/mol. The van der Waals surface area contributed by atoms with E-state index in [1.54, 1.807) is 6.07 Å². The molecule has 0 amide bonds. The molecule has 0 bridgehead atoms. The molecule has 1 aromatic heterocycles. The predicted octanol–water partition coefficient (Wildman–Crippen LogP) is 0.537. The van der Waals surface area contributed by atoms with E-state index in [1.165, 1.54) is 12.1 Å². The summed E-state index contributed by atoms with van der Waals surface area (Å²) >= 11 is 3.19. The molecule has 88 valence electrons. The van der Waals surface area contributed by atoms with Crippen LogP contribution < -0.4 is 11.1 Å². The van der Waals surface area contributed by atoms with E-state index < -0.39 is 23.6 Å². The van der Waals surface area contributed by atoms with E-state index in [2.05, 4.69) is 21.0 Å². The summed E-state index contributed by atoms with van der Waals surface area (Å²) in [7, 11) is 0. The van der Waals surface area contributed by atoms with Crippen molar-refractivity contribution < 1.29 is 9.90 Å². The van der Waals surface area contributed by atoms with Crippen molar-refractivity contribution >= 4 is 32.7 Å². The van der Waals surface area contributed by atoms with Gasteiger partial charge < -0.3 is 5.11 Å². The third kappa shape index (κ3) is 2.14. The van der Waals surface area contributed by atoms with Gasteiger partial charge in [-0.3, -0.25) is 19.5 Å². The summed E-state index contributed by atoms with van der Waals surface area (Å²) in [4.78, 5) is 34.0. The highest BCUT2D eigenvalue weighted by molar-refractivity contribution is 9.10. The highest BCUT2D eigenvalue weighted by Gasteiger charge is 2.09. The Bertz CT molecular complexity index is 716. The van der Waals surface area contributed by atoms with Crippen LogP contribution in [0.1, 0.15) is 0 Å². The second-order valence-corrected chi connectivity index (χ2v) is 4.33. The lowest BCUT2D eigenvalue weighted by Gasteiger charge is -2.04. The average Bonchev–Trinajstić information content (AvgIpc) is 2.25. The Hall–Kier alpha value is -1.89. The molecular formula is C10H7BrN2O4. The van der Waals surface area contributed by atoms with Crippen molar-refractivity contribution in [2.75, 3.05) is 0 Å². The van der Waals surface area contributed by atoms with Crippen molar-refractivity contribution in [2.24, 2.45) is 0 Å². The van der Waals surface area contributed by atoms with E-state index >= 15 is 0 Å². The number of benzene rings is 1. The Morgan fingerprint density at radius 3 is 2.71 bits per heavy atom. The van der Waals surface area contributed by atoms with Gasteiger partial charge in [-0.25, -0.2) is 4.68 Å². The van der Waals surface area contributed by atoms with Crippen LogP contribution in [0.4, 0.5) is 0 Å². The Kier molecular flexibility index (Phi) is 2.84. The van der Waals surface area contributed by atoms with Crippen LogP contribution in [0.15, 0.2) is 32.3 Å². The number of aromatic nitrogens is 2. The smallest absolute Gasteiger partial charge is 0.325 e. The summed E-state index contributed by atoms with van der Waals surface area (Å²) in [6.45, 7) is -0.569. The topological polar surface area (TPSA) is 92.2 Å². The second-order valence-electron chi connectivity index (χ2n) is 3.42. The van der Waals surface area contributed by atoms with Crippen LogP contribution in [0.3, 0.4) is 0 Å². The minimum absolute atomic E-state index is 0.193. The van der Waals surface area contributed by atoms with Gasteiger partial charge in [-0.1, -0.05) is 15.9 Å². The van der Waals surface area contributed by atoms with Crippen LogP contribution in [0, 0.1) is 0 Å². The fourth-order valence-electron chi connectivity index (χ4n) is 1.52. The first kappa shape index (κ1) is 11.6. The molecule has 0 saturated carbocycles. The SMILES string of the molecule is O=C(O)Cn1[nH]c(=O)c2cc(Br)ccc2c1=O. The Morgan fingerprint density at radius 2 is 2.06 bits per heavy atom. The van der Waals surface area contributed by atoms with Crippen molar-refractivity contribution in [3.63, 3.8) is 0 Å². The molecule has 17 heavy (non-hydrogen) atoms. The predicted molar refractivity (Wildman–Crippen MR) is 64.2 cm³/mol. The first-order chi connectivity index (χ1) is 7.99. The molecule has 0 atom stereocenters. The van der Waals surface area contributed by atoms with Gasteiger partial charge in [-0.05, 0) is 18.2 Å². The Morgan fingerprint density at radius 1 is 1.35 bits per heavy atom. The van der Waals surface area contributed by atoms with E-state index in [-0.39, 0.29) is 10.8 Å². The molecule has 0 spiro atoms. The van der Waals surface area contributed by atoms with Gasteiger partial charge in [-0.2, -0.15) is 0 Å². The zero-order chi connectivity index (χ0) is 12.6. The third-order valence-electron chi connectivity index (χ3n) is 2.23. The summed E-state index contributed by atoms with van der Waals surface area (Å²) in [5.74, 6) is -1.20. The molecular weight excluding hydrogens is 292 g/mol. The van der Waals surface area contributed by atoms with Gasteiger partial charge in [0.05, 0.1) is 10.8 Å². The molecule has 2 aromatic rings. The number of nitrogens with zero attached hydrogens (tertiary/aromatic N) is 1. The van der Waals surface area contributed by atoms with Crippen LogP contribution >= 0.6 is 15.9 Å². The number of halogens is 1. The zero-order valence-electron chi connectivity index (χ0n) is 8.44. The molecule has 2 N–H and O–H groups in total. The molecule has 2 rings (SSSR count). The van der Waals surface area contributed by atoms with Crippen LogP contribution in [0.25, 0.3) is 10.8 Å². The number of aromatic amines is 1. The van der Waals surface area contributed by atoms with Gasteiger partial charge in [0.2, 0.25) is 0 Å². The lowest BCUT2D eigenvalue weighted by molar-refractivity contribution is -0.138. The number of fused-ring (bicyclic) bond motifs is 1. The summed E-state index contributed by atoms with van der Waals surface area (Å²) in [6, 6.07) is 4.62. The molecule has 7 heteroatoms. The van der Waals surface area contributed by atoms with Crippen LogP contribution in [-0.4, -0.2) is 20.9 Å². The van der Waals surface area contributed by atoms with E-state index in [0.717, 1.165) is 4.68 Å². The lowest BCUT2D eigenvalue weighted by Crippen LogP contribution is -2.32. The van der Waals surface area contributed by atoms with Gasteiger partial charge in [0, 0.05) is 4.47 Å². The molecule has 1 heterocycles. The zero-order valence-corrected chi connectivity index (χ0v) is 10.0. The molecule has 0 aliphatic rings. The minimum Gasteiger partial charge on any atom is -0.480 e. The molecule has 0 unspecified atom stereocenters. The molecule has 1 aromatic carbocycles.